The summed E-state index contributed by atoms with van der Waals surface area (Å²) in [5, 5.41) is 2.28. The fourth-order valence-corrected chi connectivity index (χ4v) is 2.75. The third kappa shape index (κ3) is 1.84. The van der Waals surface area contributed by atoms with Gasteiger partial charge in [0.1, 0.15) is 11.8 Å². The normalized spacial score (nSPS) is 21.8. The van der Waals surface area contributed by atoms with Gasteiger partial charge in [-0.1, -0.05) is 12.1 Å². The molecule has 104 valence electrons. The summed E-state index contributed by atoms with van der Waals surface area (Å²) in [6.45, 7) is 0.373. The Bertz CT molecular complexity index is 611. The van der Waals surface area contributed by atoms with Crippen molar-refractivity contribution >= 4 is 17.7 Å². The van der Waals surface area contributed by atoms with Gasteiger partial charge >= 0.3 is 0 Å². The molecule has 1 N–H and O–H groups in total. The van der Waals surface area contributed by atoms with Gasteiger partial charge in [0.05, 0.1) is 12.7 Å². The van der Waals surface area contributed by atoms with Crippen LogP contribution in [0.2, 0.25) is 0 Å². The zero-order chi connectivity index (χ0) is 14.3. The van der Waals surface area contributed by atoms with E-state index in [0.29, 0.717) is 24.3 Å². The van der Waals surface area contributed by atoms with E-state index in [0.717, 1.165) is 5.56 Å². The number of piperidine rings is 1. The van der Waals surface area contributed by atoms with E-state index in [1.807, 2.05) is 12.1 Å². The Balaban J connectivity index is 1.90. The van der Waals surface area contributed by atoms with Crippen LogP contribution in [0.1, 0.15) is 28.8 Å². The van der Waals surface area contributed by atoms with E-state index in [1.165, 1.54) is 12.0 Å². The number of methoxy groups -OCH3 is 1. The summed E-state index contributed by atoms with van der Waals surface area (Å²) in [5.41, 5.74) is 1.36. The van der Waals surface area contributed by atoms with Crippen LogP contribution >= 0.6 is 0 Å². The molecule has 3 amide bonds. The van der Waals surface area contributed by atoms with E-state index in [1.54, 1.807) is 6.07 Å². The number of hydrogen-bond acceptors (Lipinski definition) is 4. The lowest BCUT2D eigenvalue weighted by atomic mass is 10.0. The molecule has 0 unspecified atom stereocenters. The number of hydrogen-bond donors (Lipinski definition) is 1. The van der Waals surface area contributed by atoms with Crippen molar-refractivity contribution < 1.29 is 19.1 Å². The molecular weight excluding hydrogens is 260 g/mol. The summed E-state index contributed by atoms with van der Waals surface area (Å²) in [6.07, 6.45) is 0.625. The molecule has 0 aliphatic carbocycles. The fourth-order valence-electron chi connectivity index (χ4n) is 2.75. The van der Waals surface area contributed by atoms with Crippen LogP contribution in [0.25, 0.3) is 0 Å². The summed E-state index contributed by atoms with van der Waals surface area (Å²) < 4.78 is 5.20. The van der Waals surface area contributed by atoms with Gasteiger partial charge in [-0.15, -0.1) is 0 Å². The number of carbonyl (C=O) groups excluding carboxylic acids is 3. The molecular formula is C14H14N2O4. The first-order valence-corrected chi connectivity index (χ1v) is 6.42. The zero-order valence-electron chi connectivity index (χ0n) is 11.0. The van der Waals surface area contributed by atoms with Crippen molar-refractivity contribution in [1.82, 2.24) is 10.2 Å². The van der Waals surface area contributed by atoms with Crippen LogP contribution in [0.15, 0.2) is 18.2 Å². The SMILES string of the molecule is COc1cccc2c1C(=O)N([C@H]1CCC(=O)NC1=O)C2. The molecule has 1 atom stereocenters. The molecule has 1 aromatic carbocycles. The Morgan fingerprint density at radius 1 is 1.30 bits per heavy atom. The molecule has 0 radical (unpaired) electrons. The lowest BCUT2D eigenvalue weighted by Crippen LogP contribution is -2.52. The van der Waals surface area contributed by atoms with Gasteiger partial charge in [0.15, 0.2) is 0 Å². The molecule has 2 aliphatic heterocycles. The Morgan fingerprint density at radius 2 is 2.10 bits per heavy atom. The second-order valence-electron chi connectivity index (χ2n) is 4.89. The molecule has 20 heavy (non-hydrogen) atoms. The maximum Gasteiger partial charge on any atom is 0.258 e. The Hall–Kier alpha value is -2.37. The topological polar surface area (TPSA) is 75.7 Å². The van der Waals surface area contributed by atoms with Gasteiger partial charge in [-0.3, -0.25) is 19.7 Å². The highest BCUT2D eigenvalue weighted by molar-refractivity contribution is 6.06. The Labute approximate surface area is 115 Å². The van der Waals surface area contributed by atoms with Crippen molar-refractivity contribution in [2.24, 2.45) is 0 Å². The number of rotatable bonds is 2. The monoisotopic (exact) mass is 274 g/mol. The Morgan fingerprint density at radius 3 is 2.80 bits per heavy atom. The van der Waals surface area contributed by atoms with Crippen LogP contribution in [0.5, 0.6) is 5.75 Å². The third-order valence-electron chi connectivity index (χ3n) is 3.73. The van der Waals surface area contributed by atoms with Gasteiger partial charge in [0, 0.05) is 13.0 Å². The lowest BCUT2D eigenvalue weighted by molar-refractivity contribution is -0.136. The van der Waals surface area contributed by atoms with Crippen molar-refractivity contribution in [3.8, 4) is 5.75 Å². The molecule has 0 spiro atoms. The van der Waals surface area contributed by atoms with Crippen molar-refractivity contribution in [1.29, 1.82) is 0 Å². The van der Waals surface area contributed by atoms with Crippen molar-refractivity contribution in [3.63, 3.8) is 0 Å². The first kappa shape index (κ1) is 12.7. The summed E-state index contributed by atoms with van der Waals surface area (Å²) >= 11 is 0. The molecule has 1 aromatic rings. The van der Waals surface area contributed by atoms with Gasteiger partial charge in [0.2, 0.25) is 11.8 Å². The predicted octanol–water partition coefficient (Wildman–Crippen LogP) is 0.456. The van der Waals surface area contributed by atoms with Crippen LogP contribution in [0, 0.1) is 0 Å². The quantitative estimate of drug-likeness (QED) is 0.795. The van der Waals surface area contributed by atoms with Gasteiger partial charge < -0.3 is 9.64 Å². The number of imide groups is 1. The molecule has 2 aliphatic rings. The number of nitrogens with one attached hydrogen (secondary N) is 1. The molecule has 0 bridgehead atoms. The molecule has 2 heterocycles. The minimum absolute atomic E-state index is 0.216. The standard InChI is InChI=1S/C14H14N2O4/c1-20-10-4-2-3-8-7-16(14(19)12(8)10)9-5-6-11(17)15-13(9)18/h2-4,9H,5-7H2,1H3,(H,15,17,18)/t9-/m0/s1. The average Bonchev–Trinajstić information content (AvgIpc) is 2.76. The van der Waals surface area contributed by atoms with E-state index in [9.17, 15) is 14.4 Å². The van der Waals surface area contributed by atoms with E-state index >= 15 is 0 Å². The van der Waals surface area contributed by atoms with Gasteiger partial charge in [0.25, 0.3) is 5.91 Å². The number of benzene rings is 1. The lowest BCUT2D eigenvalue weighted by Gasteiger charge is -2.29. The molecule has 0 aromatic heterocycles. The van der Waals surface area contributed by atoms with Gasteiger partial charge in [-0.2, -0.15) is 0 Å². The van der Waals surface area contributed by atoms with Crippen LogP contribution in [-0.4, -0.2) is 35.8 Å². The summed E-state index contributed by atoms with van der Waals surface area (Å²) in [6, 6.07) is 4.81. The minimum Gasteiger partial charge on any atom is -0.496 e. The van der Waals surface area contributed by atoms with Crippen LogP contribution < -0.4 is 10.1 Å². The predicted molar refractivity (Wildman–Crippen MR) is 69.0 cm³/mol. The molecule has 6 nitrogen and oxygen atoms in total. The van der Waals surface area contributed by atoms with E-state index in [4.69, 9.17) is 4.74 Å². The third-order valence-corrected chi connectivity index (χ3v) is 3.73. The maximum atomic E-state index is 12.5. The van der Waals surface area contributed by atoms with E-state index in [2.05, 4.69) is 5.32 Å². The molecule has 1 saturated heterocycles. The number of carbonyl (C=O) groups is 3. The van der Waals surface area contributed by atoms with E-state index < -0.39 is 11.9 Å². The zero-order valence-corrected chi connectivity index (χ0v) is 11.0. The van der Waals surface area contributed by atoms with Crippen molar-refractivity contribution in [3.05, 3.63) is 29.3 Å². The molecule has 0 saturated carbocycles. The first-order valence-electron chi connectivity index (χ1n) is 6.42. The maximum absolute atomic E-state index is 12.5. The van der Waals surface area contributed by atoms with Crippen molar-refractivity contribution in [2.45, 2.75) is 25.4 Å². The number of nitrogens with zero attached hydrogens (tertiary/aromatic N) is 1. The first-order chi connectivity index (χ1) is 9.61. The molecule has 6 heteroatoms. The highest BCUT2D eigenvalue weighted by Crippen LogP contribution is 2.33. The molecule has 1 fully saturated rings. The summed E-state index contributed by atoms with van der Waals surface area (Å²) in [5.74, 6) is -0.386. The van der Waals surface area contributed by atoms with E-state index in [-0.39, 0.29) is 18.2 Å². The van der Waals surface area contributed by atoms with Crippen LogP contribution in [0.3, 0.4) is 0 Å². The van der Waals surface area contributed by atoms with Crippen molar-refractivity contribution in [2.75, 3.05) is 7.11 Å². The number of ether oxygens (including phenoxy) is 1. The summed E-state index contributed by atoms with van der Waals surface area (Å²) in [7, 11) is 1.51. The summed E-state index contributed by atoms with van der Waals surface area (Å²) in [4.78, 5) is 37.1. The van der Waals surface area contributed by atoms with Crippen LogP contribution in [-0.2, 0) is 16.1 Å². The largest absolute Gasteiger partial charge is 0.496 e. The number of fused-ring (bicyclic) bond motifs is 1. The smallest absolute Gasteiger partial charge is 0.258 e. The Kier molecular flexibility index (Phi) is 2.93. The van der Waals surface area contributed by atoms with Gasteiger partial charge in [-0.25, -0.2) is 0 Å². The highest BCUT2D eigenvalue weighted by atomic mass is 16.5. The second kappa shape index (κ2) is 4.63. The minimum atomic E-state index is -0.586. The fraction of sp³-hybridized carbons (Fsp3) is 0.357. The average molecular weight is 274 g/mol. The van der Waals surface area contributed by atoms with Crippen LogP contribution in [0.4, 0.5) is 0 Å². The number of amides is 3. The van der Waals surface area contributed by atoms with Gasteiger partial charge in [-0.05, 0) is 18.1 Å². The second-order valence-corrected chi connectivity index (χ2v) is 4.89. The molecule has 3 rings (SSSR count). The highest BCUT2D eigenvalue weighted by Gasteiger charge is 2.40.